The predicted octanol–water partition coefficient (Wildman–Crippen LogP) is 9.46. The van der Waals surface area contributed by atoms with Crippen LogP contribution in [-0.2, 0) is 29.3 Å². The van der Waals surface area contributed by atoms with Gasteiger partial charge in [-0.2, -0.15) is 0 Å². The minimum Gasteiger partial charge on any atom is -0.545 e. The zero-order chi connectivity index (χ0) is 42.0. The summed E-state index contributed by atoms with van der Waals surface area (Å²) in [5.74, 6) is -5.01. The van der Waals surface area contributed by atoms with Crippen LogP contribution in [0.1, 0.15) is 130 Å². The first-order valence-electron chi connectivity index (χ1n) is 19.9. The molecular formula is C47H58N2NiO8. The summed E-state index contributed by atoms with van der Waals surface area (Å²) >= 11 is 0. The summed E-state index contributed by atoms with van der Waals surface area (Å²) in [7, 11) is 0. The maximum absolute atomic E-state index is 10.8. The molecule has 0 unspecified atom stereocenters. The maximum Gasteiger partial charge on any atom is 2.00 e. The van der Waals surface area contributed by atoms with E-state index in [4.69, 9.17) is 20.2 Å². The molecule has 0 aliphatic rings. The molecule has 0 heterocycles. The van der Waals surface area contributed by atoms with Crippen molar-refractivity contribution in [2.45, 2.75) is 111 Å². The van der Waals surface area contributed by atoms with Crippen molar-refractivity contribution in [3.63, 3.8) is 0 Å². The zero-order valence-corrected chi connectivity index (χ0v) is 35.1. The molecule has 314 valence electrons. The van der Waals surface area contributed by atoms with Crippen molar-refractivity contribution < 1.29 is 56.7 Å². The van der Waals surface area contributed by atoms with Gasteiger partial charge in [-0.05, 0) is 98.5 Å². The topological polar surface area (TPSA) is 186 Å². The normalized spacial score (nSPS) is 11.2. The molecule has 0 radical (unpaired) electrons. The summed E-state index contributed by atoms with van der Waals surface area (Å²) in [5.41, 5.74) is 4.41. The van der Waals surface area contributed by atoms with E-state index in [2.05, 4.69) is 38.1 Å². The molecule has 0 bridgehead atoms. The molecule has 0 fully saturated rings. The molecule has 4 N–H and O–H groups in total. The Morgan fingerprint density at radius 1 is 0.569 bits per heavy atom. The number of carboxylic acid groups (broad SMARTS) is 2. The third kappa shape index (κ3) is 17.8. The van der Waals surface area contributed by atoms with E-state index in [9.17, 15) is 30.0 Å². The van der Waals surface area contributed by atoms with Gasteiger partial charge in [0.2, 0.25) is 0 Å². The second kappa shape index (κ2) is 28.9. The van der Waals surface area contributed by atoms with Crippen LogP contribution in [0.3, 0.4) is 0 Å². The maximum atomic E-state index is 10.8. The zero-order valence-electron chi connectivity index (χ0n) is 34.1. The van der Waals surface area contributed by atoms with Gasteiger partial charge < -0.3 is 40.2 Å². The average molecular weight is 838 g/mol. The third-order valence-corrected chi connectivity index (χ3v) is 8.81. The van der Waals surface area contributed by atoms with Gasteiger partial charge in [-0.1, -0.05) is 121 Å². The summed E-state index contributed by atoms with van der Waals surface area (Å²) in [4.78, 5) is 31.4. The number of unbranched alkanes of at least 4 members (excludes halogenated alkanes) is 6. The molecule has 0 atom stereocenters. The molecule has 0 aromatic heterocycles. The van der Waals surface area contributed by atoms with Gasteiger partial charge in [-0.15, -0.1) is 0 Å². The fourth-order valence-corrected chi connectivity index (χ4v) is 5.67. The summed E-state index contributed by atoms with van der Waals surface area (Å²) in [6.45, 7) is 8.41. The van der Waals surface area contributed by atoms with E-state index in [1.54, 1.807) is 0 Å². The molecule has 58 heavy (non-hydrogen) atoms. The van der Waals surface area contributed by atoms with E-state index in [1.165, 1.54) is 43.5 Å². The number of nitrogens with zero attached hydrogens (tertiary/aromatic N) is 2. The van der Waals surface area contributed by atoms with E-state index >= 15 is 0 Å². The number of carbonyl (C=O) groups excluding carboxylic acids is 2. The largest absolute Gasteiger partial charge is 2.00 e. The summed E-state index contributed by atoms with van der Waals surface area (Å²) in [5, 5.41) is 58.6. The number of benzene rings is 4. The van der Waals surface area contributed by atoms with Gasteiger partial charge in [0.05, 0.1) is 34.7 Å². The Morgan fingerprint density at radius 3 is 1.43 bits per heavy atom. The average Bonchev–Trinajstić information content (AvgIpc) is 3.20. The smallest absolute Gasteiger partial charge is 0.545 e. The van der Waals surface area contributed by atoms with Gasteiger partial charge in [-0.3, -0.25) is 4.99 Å². The molecule has 0 amide bonds. The number of carbonyl (C=O) groups is 2. The number of para-hydroxylation sites is 2. The number of aryl methyl sites for hydroxylation is 2. The minimum atomic E-state index is -1.46. The minimum absolute atomic E-state index is 0. The van der Waals surface area contributed by atoms with E-state index < -0.39 is 34.9 Å². The Kier molecular flexibility index (Phi) is 25.2. The number of hydrogen-bond acceptors (Lipinski definition) is 10. The fraction of sp³-hybridized carbons (Fsp3) is 0.362. The van der Waals surface area contributed by atoms with Crippen molar-refractivity contribution >= 4 is 34.7 Å². The van der Waals surface area contributed by atoms with Crippen molar-refractivity contribution in [2.75, 3.05) is 0 Å². The number of carboxylic acids is 2. The molecule has 4 aromatic carbocycles. The standard InChI is InChI=1S/C25H32N2.2C11H14O4.Ni/c1-3-5-7-15-21-25(27-23-18-13-9-14-19-23)24(20-10-6-4-2)26-22-16-11-8-12-17-22;2*1-2-3-4-7-5-6-8(12)10(13)9(7)11(14)15;/h8-14,16-20H,3-7,15,21H2,1-2H3;2*5-6,12-13H,2-4H2,1H3,(H,14,15);/q;;;+2/p-2. The van der Waals surface area contributed by atoms with Crippen LogP contribution < -0.4 is 10.2 Å². The van der Waals surface area contributed by atoms with Gasteiger partial charge in [0, 0.05) is 11.1 Å². The van der Waals surface area contributed by atoms with Crippen molar-refractivity contribution in [3.8, 4) is 23.0 Å². The molecular weight excluding hydrogens is 779 g/mol. The number of phenols is 4. The second-order valence-electron chi connectivity index (χ2n) is 13.4. The first-order valence-corrected chi connectivity index (χ1v) is 19.9. The van der Waals surface area contributed by atoms with E-state index in [-0.39, 0.29) is 27.6 Å². The van der Waals surface area contributed by atoms with Gasteiger partial charge in [0.25, 0.3) is 0 Å². The van der Waals surface area contributed by atoms with Crippen molar-refractivity contribution in [2.24, 2.45) is 9.98 Å². The third-order valence-electron chi connectivity index (χ3n) is 8.81. The molecule has 4 rings (SSSR count). The predicted molar refractivity (Wildman–Crippen MR) is 225 cm³/mol. The molecule has 11 heteroatoms. The molecule has 10 nitrogen and oxygen atoms in total. The van der Waals surface area contributed by atoms with Crippen LogP contribution in [0.4, 0.5) is 11.4 Å². The van der Waals surface area contributed by atoms with Crippen LogP contribution in [0.15, 0.2) is 107 Å². The van der Waals surface area contributed by atoms with Gasteiger partial charge in [0.1, 0.15) is 0 Å². The molecule has 0 aliphatic carbocycles. The van der Waals surface area contributed by atoms with E-state index in [0.717, 1.165) is 74.2 Å². The van der Waals surface area contributed by atoms with Crippen molar-refractivity contribution in [1.29, 1.82) is 0 Å². The molecule has 0 saturated carbocycles. The molecule has 4 aromatic rings. The Bertz CT molecular complexity index is 1840. The number of hydrogen-bond donors (Lipinski definition) is 4. The first kappa shape index (κ1) is 50.6. The number of phenolic OH excluding ortho intramolecular Hbond substituents is 2. The van der Waals surface area contributed by atoms with Crippen LogP contribution >= 0.6 is 0 Å². The quantitative estimate of drug-likeness (QED) is 0.0311. The summed E-state index contributed by atoms with van der Waals surface area (Å²) in [6, 6.07) is 26.0. The molecule has 0 aliphatic heterocycles. The number of allylic oxidation sites excluding steroid dienone is 2. The summed E-state index contributed by atoms with van der Waals surface area (Å²) in [6.07, 6.45) is 17.0. The Labute approximate surface area is 353 Å². The van der Waals surface area contributed by atoms with Crippen molar-refractivity contribution in [1.82, 2.24) is 0 Å². The number of aromatic carboxylic acids is 2. The molecule has 0 spiro atoms. The van der Waals surface area contributed by atoms with E-state index in [0.29, 0.717) is 24.0 Å². The van der Waals surface area contributed by atoms with Crippen LogP contribution in [-0.4, -0.2) is 43.8 Å². The van der Waals surface area contributed by atoms with Gasteiger partial charge >= 0.3 is 16.5 Å². The van der Waals surface area contributed by atoms with Crippen LogP contribution in [0, 0.1) is 0 Å². The molecule has 0 saturated heterocycles. The second-order valence-corrected chi connectivity index (χ2v) is 13.4. The number of rotatable bonds is 19. The Hall–Kier alpha value is -5.41. The monoisotopic (exact) mass is 836 g/mol. The number of aliphatic imine (C=N–C) groups is 2. The fourth-order valence-electron chi connectivity index (χ4n) is 5.67. The SMILES string of the molecule is CCCC=CC(=Nc1ccccc1)C(CCCCCC)=Nc1ccccc1.CCCCc1ccc(O)c(O)c1C(=O)[O-].CCCCc1ccc(O)c(O)c1C(=O)[O-].[Ni+2]. The van der Waals surface area contributed by atoms with E-state index in [1.807, 2.05) is 62.4 Å². The van der Waals surface area contributed by atoms with Gasteiger partial charge in [0.15, 0.2) is 23.0 Å². The van der Waals surface area contributed by atoms with Gasteiger partial charge in [-0.25, -0.2) is 4.99 Å². The van der Waals surface area contributed by atoms with Crippen molar-refractivity contribution in [3.05, 3.63) is 119 Å². The Morgan fingerprint density at radius 2 is 1.02 bits per heavy atom. The van der Waals surface area contributed by atoms with Crippen LogP contribution in [0.2, 0.25) is 0 Å². The van der Waals surface area contributed by atoms with Crippen LogP contribution in [0.5, 0.6) is 23.0 Å². The number of aromatic hydroxyl groups is 4. The Balaban J connectivity index is 0.000000464. The first-order chi connectivity index (χ1) is 27.5. The van der Waals surface area contributed by atoms with Crippen LogP contribution in [0.25, 0.3) is 0 Å². The summed E-state index contributed by atoms with van der Waals surface area (Å²) < 4.78 is 0.